The molecule has 0 unspecified atom stereocenters. The molecule has 5 heteroatoms. The van der Waals surface area contributed by atoms with Gasteiger partial charge in [0.05, 0.1) is 18.1 Å². The van der Waals surface area contributed by atoms with E-state index in [4.69, 9.17) is 5.73 Å². The number of rotatable bonds is 2. The summed E-state index contributed by atoms with van der Waals surface area (Å²) < 4.78 is 14.8. The molecule has 0 aliphatic carbocycles. The minimum Gasteiger partial charge on any atom is -0.368 e. The summed E-state index contributed by atoms with van der Waals surface area (Å²) in [6, 6.07) is 4.85. The highest BCUT2D eigenvalue weighted by molar-refractivity contribution is 5.80. The Bertz CT molecular complexity index is 572. The summed E-state index contributed by atoms with van der Waals surface area (Å²) >= 11 is 0. The highest BCUT2D eigenvalue weighted by atomic mass is 19.1. The molecule has 1 heterocycles. The quantitative estimate of drug-likeness (QED) is 0.806. The third kappa shape index (κ3) is 2.50. The van der Waals surface area contributed by atoms with Gasteiger partial charge in [-0.15, -0.1) is 0 Å². The average molecular weight is 232 g/mol. The van der Waals surface area contributed by atoms with Crippen molar-refractivity contribution in [2.24, 2.45) is 5.10 Å². The van der Waals surface area contributed by atoms with Crippen molar-refractivity contribution in [3.8, 4) is 0 Å². The highest BCUT2D eigenvalue weighted by Gasteiger charge is 2.01. The van der Waals surface area contributed by atoms with Crippen molar-refractivity contribution in [1.29, 1.82) is 0 Å². The van der Waals surface area contributed by atoms with Crippen molar-refractivity contribution in [2.45, 2.75) is 13.8 Å². The molecule has 2 rings (SSSR count). The molecule has 0 aliphatic heterocycles. The first kappa shape index (κ1) is 11.3. The van der Waals surface area contributed by atoms with Crippen LogP contribution in [0.1, 0.15) is 16.8 Å². The standard InChI is InChI=1S/C12H13FN4/c1-8-3-4-11(13)10(5-8)6-15-17-7-9(2)16-12(17)14/h3-7H,1-2H3,(H2,14,16). The topological polar surface area (TPSA) is 56.2 Å². The van der Waals surface area contributed by atoms with Crippen LogP contribution in [-0.4, -0.2) is 15.9 Å². The van der Waals surface area contributed by atoms with Crippen LogP contribution in [0.5, 0.6) is 0 Å². The first-order chi connectivity index (χ1) is 8.06. The molecule has 17 heavy (non-hydrogen) atoms. The van der Waals surface area contributed by atoms with Gasteiger partial charge in [0.2, 0.25) is 5.95 Å². The fourth-order valence-electron chi connectivity index (χ4n) is 1.48. The van der Waals surface area contributed by atoms with Crippen molar-refractivity contribution in [1.82, 2.24) is 9.66 Å². The van der Waals surface area contributed by atoms with Crippen molar-refractivity contribution in [2.75, 3.05) is 5.73 Å². The van der Waals surface area contributed by atoms with Crippen molar-refractivity contribution < 1.29 is 4.39 Å². The fraction of sp³-hybridized carbons (Fsp3) is 0.167. The fourth-order valence-corrected chi connectivity index (χ4v) is 1.48. The van der Waals surface area contributed by atoms with E-state index in [1.54, 1.807) is 18.3 Å². The van der Waals surface area contributed by atoms with Crippen molar-refractivity contribution >= 4 is 12.2 Å². The molecule has 0 saturated heterocycles. The molecule has 2 aromatic rings. The molecule has 0 bridgehead atoms. The van der Waals surface area contributed by atoms with Crippen LogP contribution in [-0.2, 0) is 0 Å². The van der Waals surface area contributed by atoms with E-state index in [9.17, 15) is 4.39 Å². The van der Waals surface area contributed by atoms with E-state index in [0.717, 1.165) is 11.3 Å². The number of aryl methyl sites for hydroxylation is 2. The first-order valence-corrected chi connectivity index (χ1v) is 5.18. The Morgan fingerprint density at radius 2 is 2.18 bits per heavy atom. The van der Waals surface area contributed by atoms with Crippen LogP contribution < -0.4 is 5.73 Å². The van der Waals surface area contributed by atoms with E-state index in [1.165, 1.54) is 17.0 Å². The number of nitrogens with zero attached hydrogens (tertiary/aromatic N) is 3. The lowest BCUT2D eigenvalue weighted by molar-refractivity contribution is 0.625. The number of benzene rings is 1. The first-order valence-electron chi connectivity index (χ1n) is 5.18. The molecule has 0 saturated carbocycles. The molecule has 4 nitrogen and oxygen atoms in total. The molecule has 0 amide bonds. The van der Waals surface area contributed by atoms with Gasteiger partial charge in [0.25, 0.3) is 0 Å². The largest absolute Gasteiger partial charge is 0.368 e. The van der Waals surface area contributed by atoms with Crippen LogP contribution in [0.25, 0.3) is 0 Å². The third-order valence-electron chi connectivity index (χ3n) is 2.31. The summed E-state index contributed by atoms with van der Waals surface area (Å²) in [5, 5.41) is 4.06. The number of nitrogens with two attached hydrogens (primary N) is 1. The Morgan fingerprint density at radius 3 is 2.82 bits per heavy atom. The van der Waals surface area contributed by atoms with Gasteiger partial charge in [-0.05, 0) is 26.0 Å². The highest BCUT2D eigenvalue weighted by Crippen LogP contribution is 2.09. The van der Waals surface area contributed by atoms with Crippen LogP contribution in [0, 0.1) is 19.7 Å². The smallest absolute Gasteiger partial charge is 0.221 e. The van der Waals surface area contributed by atoms with Gasteiger partial charge in [-0.1, -0.05) is 11.6 Å². The molecule has 0 spiro atoms. The van der Waals surface area contributed by atoms with E-state index in [-0.39, 0.29) is 11.8 Å². The predicted octanol–water partition coefficient (Wildman–Crippen LogP) is 2.10. The molecule has 0 atom stereocenters. The zero-order chi connectivity index (χ0) is 12.4. The summed E-state index contributed by atoms with van der Waals surface area (Å²) in [4.78, 5) is 4.00. The number of anilines is 1. The number of hydrogen-bond acceptors (Lipinski definition) is 3. The maximum absolute atomic E-state index is 13.4. The summed E-state index contributed by atoms with van der Waals surface area (Å²) in [5.74, 6) is -0.0263. The van der Waals surface area contributed by atoms with Gasteiger partial charge < -0.3 is 5.73 Å². The zero-order valence-electron chi connectivity index (χ0n) is 9.68. The van der Waals surface area contributed by atoms with Crippen LogP contribution >= 0.6 is 0 Å². The van der Waals surface area contributed by atoms with Crippen molar-refractivity contribution in [3.63, 3.8) is 0 Å². The van der Waals surface area contributed by atoms with Gasteiger partial charge in [0.1, 0.15) is 5.82 Å². The minimum atomic E-state index is -0.310. The second-order valence-corrected chi connectivity index (χ2v) is 3.85. The molecular formula is C12H13FN4. The van der Waals surface area contributed by atoms with Gasteiger partial charge in [-0.2, -0.15) is 5.10 Å². The van der Waals surface area contributed by atoms with Crippen molar-refractivity contribution in [3.05, 3.63) is 47.0 Å². The third-order valence-corrected chi connectivity index (χ3v) is 2.31. The van der Waals surface area contributed by atoms with Gasteiger partial charge in [0.15, 0.2) is 0 Å². The Kier molecular flexibility index (Phi) is 2.91. The molecule has 0 aliphatic rings. The predicted molar refractivity (Wildman–Crippen MR) is 65.5 cm³/mol. The number of halogens is 1. The number of hydrogen-bond donors (Lipinski definition) is 1. The number of aromatic nitrogens is 2. The van der Waals surface area contributed by atoms with E-state index >= 15 is 0 Å². The lowest BCUT2D eigenvalue weighted by Crippen LogP contribution is -1.98. The second kappa shape index (κ2) is 4.37. The molecule has 2 N–H and O–H groups in total. The van der Waals surface area contributed by atoms with Crippen LogP contribution in [0.4, 0.5) is 10.3 Å². The maximum Gasteiger partial charge on any atom is 0.221 e. The average Bonchev–Trinajstić information content (AvgIpc) is 2.59. The van der Waals surface area contributed by atoms with Gasteiger partial charge in [-0.25, -0.2) is 14.1 Å². The van der Waals surface area contributed by atoms with Crippen LogP contribution in [0.3, 0.4) is 0 Å². The summed E-state index contributed by atoms with van der Waals surface area (Å²) in [5.41, 5.74) is 7.79. The maximum atomic E-state index is 13.4. The Hall–Kier alpha value is -2.17. The summed E-state index contributed by atoms with van der Waals surface area (Å²) in [7, 11) is 0. The monoisotopic (exact) mass is 232 g/mol. The lowest BCUT2D eigenvalue weighted by Gasteiger charge is -1.99. The van der Waals surface area contributed by atoms with E-state index in [1.807, 2.05) is 13.8 Å². The molecule has 1 aromatic carbocycles. The minimum absolute atomic E-state index is 0.284. The molecular weight excluding hydrogens is 219 g/mol. The second-order valence-electron chi connectivity index (χ2n) is 3.85. The summed E-state index contributed by atoms with van der Waals surface area (Å²) in [6.07, 6.45) is 3.11. The number of nitrogen functional groups attached to an aromatic ring is 1. The zero-order valence-corrected chi connectivity index (χ0v) is 9.68. The Balaban J connectivity index is 2.31. The Labute approximate surface area is 98.6 Å². The van der Waals surface area contributed by atoms with Gasteiger partial charge >= 0.3 is 0 Å². The molecule has 1 aromatic heterocycles. The molecule has 88 valence electrons. The Morgan fingerprint density at radius 1 is 1.41 bits per heavy atom. The molecule has 0 radical (unpaired) electrons. The van der Waals surface area contributed by atoms with Crippen LogP contribution in [0.15, 0.2) is 29.5 Å². The van der Waals surface area contributed by atoms with Crippen LogP contribution in [0.2, 0.25) is 0 Å². The lowest BCUT2D eigenvalue weighted by atomic mass is 10.1. The number of imidazole rings is 1. The summed E-state index contributed by atoms with van der Waals surface area (Å²) in [6.45, 7) is 3.71. The molecule has 0 fully saturated rings. The van der Waals surface area contributed by atoms with E-state index < -0.39 is 0 Å². The normalized spacial score (nSPS) is 11.2. The van der Waals surface area contributed by atoms with E-state index in [2.05, 4.69) is 10.1 Å². The van der Waals surface area contributed by atoms with Gasteiger partial charge in [-0.3, -0.25) is 0 Å². The van der Waals surface area contributed by atoms with E-state index in [0.29, 0.717) is 5.56 Å². The SMILES string of the molecule is Cc1ccc(F)c(C=Nn2cc(C)nc2N)c1. The van der Waals surface area contributed by atoms with Gasteiger partial charge in [0, 0.05) is 5.56 Å².